The van der Waals surface area contributed by atoms with Gasteiger partial charge in [-0.05, 0) is 35.7 Å². The van der Waals surface area contributed by atoms with Crippen molar-refractivity contribution in [3.8, 4) is 0 Å². The molecule has 8 heteroatoms. The zero-order valence-electron chi connectivity index (χ0n) is 12.7. The zero-order chi connectivity index (χ0) is 16.9. The van der Waals surface area contributed by atoms with E-state index in [2.05, 4.69) is 21.5 Å². The lowest BCUT2D eigenvalue weighted by Crippen LogP contribution is -2.47. The summed E-state index contributed by atoms with van der Waals surface area (Å²) in [5.41, 5.74) is 6.46. The number of halogens is 1. The van der Waals surface area contributed by atoms with E-state index in [9.17, 15) is 14.0 Å². The second-order valence-electron chi connectivity index (χ2n) is 5.40. The minimum Gasteiger partial charge on any atom is -0.343 e. The van der Waals surface area contributed by atoms with Gasteiger partial charge in [0, 0.05) is 16.9 Å². The Morgan fingerprint density at radius 1 is 1.21 bits per heavy atom. The molecule has 6 nitrogen and oxygen atoms in total. The van der Waals surface area contributed by atoms with Crippen molar-refractivity contribution >= 4 is 23.2 Å². The number of nitrogens with one attached hydrogen (secondary N) is 4. The molecule has 2 unspecified atom stereocenters. The van der Waals surface area contributed by atoms with Gasteiger partial charge < -0.3 is 10.6 Å². The largest absolute Gasteiger partial charge is 0.343 e. The van der Waals surface area contributed by atoms with E-state index in [1.165, 1.54) is 29.1 Å². The van der Waals surface area contributed by atoms with Crippen LogP contribution in [0.1, 0.15) is 27.7 Å². The van der Waals surface area contributed by atoms with E-state index in [0.717, 1.165) is 6.42 Å². The van der Waals surface area contributed by atoms with E-state index in [-0.39, 0.29) is 24.7 Å². The molecular formula is C16H17FN4O2S. The Hall–Kier alpha value is -2.29. The van der Waals surface area contributed by atoms with Crippen LogP contribution in [0.4, 0.5) is 4.39 Å². The molecule has 0 aliphatic carbocycles. The van der Waals surface area contributed by atoms with Crippen LogP contribution in [0.15, 0.2) is 41.8 Å². The molecule has 0 saturated carbocycles. The molecule has 1 aliphatic heterocycles. The second-order valence-corrected chi connectivity index (χ2v) is 6.38. The Morgan fingerprint density at radius 3 is 2.71 bits per heavy atom. The van der Waals surface area contributed by atoms with Crippen molar-refractivity contribution in [2.45, 2.75) is 18.6 Å². The number of hydrogen-bond donors (Lipinski definition) is 4. The van der Waals surface area contributed by atoms with Crippen LogP contribution in [0.25, 0.3) is 0 Å². The predicted octanol–water partition coefficient (Wildman–Crippen LogP) is 1.30. The SMILES string of the molecule is O=C(CNC(=O)c1ccc(F)cc1)NC1CC(c2cccs2)NN1. The van der Waals surface area contributed by atoms with Crippen LogP contribution in [0.2, 0.25) is 0 Å². The minimum atomic E-state index is -0.417. The fourth-order valence-corrected chi connectivity index (χ4v) is 3.23. The van der Waals surface area contributed by atoms with E-state index in [0.29, 0.717) is 5.56 Å². The fourth-order valence-electron chi connectivity index (χ4n) is 2.44. The van der Waals surface area contributed by atoms with E-state index in [1.54, 1.807) is 11.3 Å². The highest BCUT2D eigenvalue weighted by Crippen LogP contribution is 2.24. The van der Waals surface area contributed by atoms with Crippen LogP contribution < -0.4 is 21.5 Å². The van der Waals surface area contributed by atoms with Crippen LogP contribution in [0.5, 0.6) is 0 Å². The highest BCUT2D eigenvalue weighted by atomic mass is 32.1. The Labute approximate surface area is 142 Å². The summed E-state index contributed by atoms with van der Waals surface area (Å²) in [5, 5.41) is 7.32. The Balaban J connectivity index is 1.43. The van der Waals surface area contributed by atoms with Gasteiger partial charge in [0.1, 0.15) is 5.82 Å². The van der Waals surface area contributed by atoms with Crippen LogP contribution in [-0.4, -0.2) is 24.5 Å². The number of benzene rings is 1. The van der Waals surface area contributed by atoms with Gasteiger partial charge in [-0.3, -0.25) is 9.59 Å². The second kappa shape index (κ2) is 7.52. The first kappa shape index (κ1) is 16.6. The van der Waals surface area contributed by atoms with Crippen molar-refractivity contribution in [2.24, 2.45) is 0 Å². The number of carbonyl (C=O) groups excluding carboxylic acids is 2. The minimum absolute atomic E-state index is 0.141. The predicted molar refractivity (Wildman–Crippen MR) is 88.6 cm³/mol. The Bertz CT molecular complexity index is 705. The van der Waals surface area contributed by atoms with E-state index in [4.69, 9.17) is 0 Å². The lowest BCUT2D eigenvalue weighted by molar-refractivity contribution is -0.120. The van der Waals surface area contributed by atoms with Crippen molar-refractivity contribution in [3.63, 3.8) is 0 Å². The van der Waals surface area contributed by atoms with Gasteiger partial charge in [-0.1, -0.05) is 6.07 Å². The standard InChI is InChI=1S/C16H17FN4O2S/c17-11-5-3-10(4-6-11)16(23)18-9-15(22)19-14-8-12(20-21-14)13-2-1-7-24-13/h1-7,12,14,20-21H,8-9H2,(H,18,23)(H,19,22). The summed E-state index contributed by atoms with van der Waals surface area (Å²) in [6, 6.07) is 9.33. The summed E-state index contributed by atoms with van der Waals surface area (Å²) in [7, 11) is 0. The first-order valence-electron chi connectivity index (χ1n) is 7.49. The molecule has 1 saturated heterocycles. The highest BCUT2D eigenvalue weighted by molar-refractivity contribution is 7.10. The first-order chi connectivity index (χ1) is 11.6. The fraction of sp³-hybridized carbons (Fsp3) is 0.250. The number of thiophene rings is 1. The van der Waals surface area contributed by atoms with Crippen molar-refractivity contribution in [1.29, 1.82) is 0 Å². The average molecular weight is 348 g/mol. The monoisotopic (exact) mass is 348 g/mol. The smallest absolute Gasteiger partial charge is 0.251 e. The maximum absolute atomic E-state index is 12.8. The number of rotatable bonds is 5. The molecule has 2 atom stereocenters. The molecule has 1 aliphatic rings. The molecule has 2 amide bonds. The molecule has 0 spiro atoms. The summed E-state index contributed by atoms with van der Waals surface area (Å²) in [5.74, 6) is -1.12. The Kier molecular flexibility index (Phi) is 5.19. The third kappa shape index (κ3) is 4.16. The summed E-state index contributed by atoms with van der Waals surface area (Å²) >= 11 is 1.65. The van der Waals surface area contributed by atoms with Crippen molar-refractivity contribution in [1.82, 2.24) is 21.5 Å². The Morgan fingerprint density at radius 2 is 2.00 bits per heavy atom. The van der Waals surface area contributed by atoms with Gasteiger partial charge in [-0.15, -0.1) is 11.3 Å². The molecule has 0 radical (unpaired) electrons. The van der Waals surface area contributed by atoms with Crippen LogP contribution in [0, 0.1) is 5.82 Å². The normalized spacial score (nSPS) is 19.9. The number of hydrazine groups is 1. The number of hydrogen-bond acceptors (Lipinski definition) is 5. The van der Waals surface area contributed by atoms with Gasteiger partial charge in [0.25, 0.3) is 5.91 Å². The number of carbonyl (C=O) groups is 2. The van der Waals surface area contributed by atoms with E-state index >= 15 is 0 Å². The van der Waals surface area contributed by atoms with Crippen LogP contribution in [0.3, 0.4) is 0 Å². The average Bonchev–Trinajstić information content (AvgIpc) is 3.24. The van der Waals surface area contributed by atoms with Gasteiger partial charge >= 0.3 is 0 Å². The highest BCUT2D eigenvalue weighted by Gasteiger charge is 2.26. The first-order valence-corrected chi connectivity index (χ1v) is 8.37. The van der Waals surface area contributed by atoms with Crippen LogP contribution >= 0.6 is 11.3 Å². The lowest BCUT2D eigenvalue weighted by atomic mass is 10.2. The summed E-state index contributed by atoms with van der Waals surface area (Å²) in [4.78, 5) is 25.0. The molecule has 1 aromatic heterocycles. The lowest BCUT2D eigenvalue weighted by Gasteiger charge is -2.12. The van der Waals surface area contributed by atoms with Gasteiger partial charge in [0.15, 0.2) is 0 Å². The molecule has 0 bridgehead atoms. The molecular weight excluding hydrogens is 331 g/mol. The maximum Gasteiger partial charge on any atom is 0.251 e. The molecule has 2 aromatic rings. The van der Waals surface area contributed by atoms with E-state index < -0.39 is 11.7 Å². The number of amides is 2. The summed E-state index contributed by atoms with van der Waals surface area (Å²) < 4.78 is 12.8. The van der Waals surface area contributed by atoms with Gasteiger partial charge in [0.05, 0.1) is 18.8 Å². The molecule has 126 valence electrons. The molecule has 1 fully saturated rings. The van der Waals surface area contributed by atoms with Gasteiger partial charge in [-0.2, -0.15) is 0 Å². The van der Waals surface area contributed by atoms with Crippen LogP contribution in [-0.2, 0) is 4.79 Å². The third-order valence-electron chi connectivity index (χ3n) is 3.64. The van der Waals surface area contributed by atoms with Gasteiger partial charge in [-0.25, -0.2) is 15.2 Å². The maximum atomic E-state index is 12.8. The van der Waals surface area contributed by atoms with Crippen molar-refractivity contribution < 1.29 is 14.0 Å². The molecule has 3 rings (SSSR count). The third-order valence-corrected chi connectivity index (χ3v) is 4.63. The molecule has 4 N–H and O–H groups in total. The zero-order valence-corrected chi connectivity index (χ0v) is 13.5. The summed E-state index contributed by atoms with van der Waals surface area (Å²) in [6.45, 7) is -0.141. The topological polar surface area (TPSA) is 82.3 Å². The van der Waals surface area contributed by atoms with Crippen molar-refractivity contribution in [3.05, 3.63) is 58.0 Å². The quantitative estimate of drug-likeness (QED) is 0.656. The van der Waals surface area contributed by atoms with Crippen molar-refractivity contribution in [2.75, 3.05) is 6.54 Å². The van der Waals surface area contributed by atoms with E-state index in [1.807, 2.05) is 17.5 Å². The molecule has 2 heterocycles. The van der Waals surface area contributed by atoms with Gasteiger partial charge in [0.2, 0.25) is 5.91 Å². The molecule has 24 heavy (non-hydrogen) atoms. The summed E-state index contributed by atoms with van der Waals surface area (Å²) in [6.07, 6.45) is 0.519. The molecule has 1 aromatic carbocycles.